The standard InChI is InChI=1S/C24H24N6/c1-2-10-26-21(3-1)18-6-4-16(5-7-18)12-27-23-11-22(19-13-25-14-19)29-24-20(17-8-9-17)15-28-30(23)24/h1-7,10-11,15,17,19,25,27H,8-9,12-14H2. The summed E-state index contributed by atoms with van der Waals surface area (Å²) in [6, 6.07) is 16.7. The first kappa shape index (κ1) is 17.6. The lowest BCUT2D eigenvalue weighted by atomic mass is 9.99. The van der Waals surface area contributed by atoms with Crippen LogP contribution in [0.15, 0.2) is 60.9 Å². The maximum absolute atomic E-state index is 4.99. The normalized spacial score (nSPS) is 16.5. The van der Waals surface area contributed by atoms with Gasteiger partial charge in [0.25, 0.3) is 0 Å². The summed E-state index contributed by atoms with van der Waals surface area (Å²) in [6.45, 7) is 2.75. The molecule has 0 radical (unpaired) electrons. The quantitative estimate of drug-likeness (QED) is 0.516. The van der Waals surface area contributed by atoms with Crippen molar-refractivity contribution in [2.24, 2.45) is 0 Å². The third kappa shape index (κ3) is 3.23. The van der Waals surface area contributed by atoms with E-state index >= 15 is 0 Å². The van der Waals surface area contributed by atoms with Crippen LogP contribution in [0, 0.1) is 0 Å². The second-order valence-corrected chi connectivity index (χ2v) is 8.30. The molecule has 0 atom stereocenters. The Bertz CT molecular complexity index is 1170. The maximum Gasteiger partial charge on any atom is 0.161 e. The molecule has 1 saturated heterocycles. The molecule has 1 aliphatic heterocycles. The summed E-state index contributed by atoms with van der Waals surface area (Å²) in [5, 5.41) is 11.6. The maximum atomic E-state index is 4.99. The van der Waals surface area contributed by atoms with Crippen LogP contribution < -0.4 is 10.6 Å². The van der Waals surface area contributed by atoms with Crippen LogP contribution in [0.4, 0.5) is 5.82 Å². The van der Waals surface area contributed by atoms with Gasteiger partial charge in [-0.1, -0.05) is 30.3 Å². The van der Waals surface area contributed by atoms with Crippen molar-refractivity contribution in [1.82, 2.24) is 24.9 Å². The Morgan fingerprint density at radius 3 is 2.60 bits per heavy atom. The Hall–Kier alpha value is -3.25. The van der Waals surface area contributed by atoms with Crippen LogP contribution >= 0.6 is 0 Å². The van der Waals surface area contributed by atoms with Crippen LogP contribution in [0.1, 0.15) is 41.5 Å². The first-order valence-corrected chi connectivity index (χ1v) is 10.7. The van der Waals surface area contributed by atoms with E-state index in [1.165, 1.54) is 24.0 Å². The smallest absolute Gasteiger partial charge is 0.161 e. The molecule has 0 unspecified atom stereocenters. The van der Waals surface area contributed by atoms with Crippen molar-refractivity contribution >= 4 is 11.5 Å². The molecule has 2 N–H and O–H groups in total. The number of nitrogens with zero attached hydrogens (tertiary/aromatic N) is 4. The molecular weight excluding hydrogens is 372 g/mol. The number of rotatable bonds is 6. The van der Waals surface area contributed by atoms with Crippen molar-refractivity contribution in [3.63, 3.8) is 0 Å². The van der Waals surface area contributed by atoms with Gasteiger partial charge in [0.1, 0.15) is 5.82 Å². The summed E-state index contributed by atoms with van der Waals surface area (Å²) < 4.78 is 1.98. The molecule has 1 aliphatic carbocycles. The highest BCUT2D eigenvalue weighted by atomic mass is 15.3. The van der Waals surface area contributed by atoms with Crippen LogP contribution in [-0.4, -0.2) is 32.7 Å². The third-order valence-corrected chi connectivity index (χ3v) is 6.12. The van der Waals surface area contributed by atoms with Gasteiger partial charge in [0, 0.05) is 48.9 Å². The minimum atomic E-state index is 0.496. The Morgan fingerprint density at radius 1 is 1.03 bits per heavy atom. The van der Waals surface area contributed by atoms with E-state index in [2.05, 4.69) is 51.0 Å². The molecule has 0 bridgehead atoms. The third-order valence-electron chi connectivity index (χ3n) is 6.12. The molecule has 3 aromatic heterocycles. The zero-order valence-corrected chi connectivity index (χ0v) is 16.8. The monoisotopic (exact) mass is 396 g/mol. The predicted molar refractivity (Wildman–Crippen MR) is 118 cm³/mol. The first-order valence-electron chi connectivity index (χ1n) is 10.7. The molecule has 4 aromatic rings. The zero-order chi connectivity index (χ0) is 19.9. The highest BCUT2D eigenvalue weighted by Gasteiger charge is 2.29. The van der Waals surface area contributed by atoms with Crippen molar-refractivity contribution in [2.75, 3.05) is 18.4 Å². The zero-order valence-electron chi connectivity index (χ0n) is 16.8. The number of fused-ring (bicyclic) bond motifs is 1. The number of hydrogen-bond donors (Lipinski definition) is 2. The highest BCUT2D eigenvalue weighted by molar-refractivity contribution is 5.60. The predicted octanol–water partition coefficient (Wildman–Crippen LogP) is 3.97. The molecule has 0 spiro atoms. The van der Waals surface area contributed by atoms with Gasteiger partial charge >= 0.3 is 0 Å². The molecular formula is C24H24N6. The molecule has 0 amide bonds. The summed E-state index contributed by atoms with van der Waals surface area (Å²) in [7, 11) is 0. The van der Waals surface area contributed by atoms with Crippen molar-refractivity contribution in [2.45, 2.75) is 31.2 Å². The number of aromatic nitrogens is 4. The summed E-state index contributed by atoms with van der Waals surface area (Å²) in [5.41, 5.74) is 6.84. The van der Waals surface area contributed by atoms with Gasteiger partial charge in [-0.15, -0.1) is 0 Å². The summed E-state index contributed by atoms with van der Waals surface area (Å²) in [6.07, 6.45) is 6.34. The van der Waals surface area contributed by atoms with E-state index in [9.17, 15) is 0 Å². The largest absolute Gasteiger partial charge is 0.366 e. The molecule has 6 nitrogen and oxygen atoms in total. The number of nitrogens with one attached hydrogen (secondary N) is 2. The van der Waals surface area contributed by atoms with Gasteiger partial charge in [-0.25, -0.2) is 4.98 Å². The molecule has 2 fully saturated rings. The lowest BCUT2D eigenvalue weighted by Crippen LogP contribution is -2.40. The van der Waals surface area contributed by atoms with Crippen molar-refractivity contribution in [3.05, 3.63) is 77.7 Å². The topological polar surface area (TPSA) is 67.1 Å². The highest BCUT2D eigenvalue weighted by Crippen LogP contribution is 2.42. The fraction of sp³-hybridized carbons (Fsp3) is 0.292. The van der Waals surface area contributed by atoms with E-state index < -0.39 is 0 Å². The fourth-order valence-corrected chi connectivity index (χ4v) is 4.03. The van der Waals surface area contributed by atoms with Crippen LogP contribution in [-0.2, 0) is 6.54 Å². The van der Waals surface area contributed by atoms with Gasteiger partial charge in [-0.05, 0) is 36.5 Å². The minimum absolute atomic E-state index is 0.496. The average Bonchev–Trinajstić information content (AvgIpc) is 3.51. The van der Waals surface area contributed by atoms with E-state index in [0.717, 1.165) is 48.1 Å². The van der Waals surface area contributed by atoms with Gasteiger partial charge < -0.3 is 10.6 Å². The molecule has 6 rings (SSSR count). The summed E-state index contributed by atoms with van der Waals surface area (Å²) >= 11 is 0. The first-order chi connectivity index (χ1) is 14.8. The summed E-state index contributed by atoms with van der Waals surface area (Å²) in [5.74, 6) is 2.15. The van der Waals surface area contributed by atoms with Crippen LogP contribution in [0.2, 0.25) is 0 Å². The molecule has 30 heavy (non-hydrogen) atoms. The Kier molecular flexibility index (Phi) is 4.23. The summed E-state index contributed by atoms with van der Waals surface area (Å²) in [4.78, 5) is 9.42. The molecule has 4 heterocycles. The molecule has 2 aliphatic rings. The van der Waals surface area contributed by atoms with Gasteiger partial charge in [0.2, 0.25) is 0 Å². The molecule has 6 heteroatoms. The number of hydrogen-bond acceptors (Lipinski definition) is 5. The van der Waals surface area contributed by atoms with Crippen molar-refractivity contribution < 1.29 is 0 Å². The SMILES string of the molecule is c1ccc(-c2ccc(CNc3cc(C4CNC4)nc4c(C5CC5)cnn34)cc2)nc1. The lowest BCUT2D eigenvalue weighted by molar-refractivity contribution is 0.440. The second-order valence-electron chi connectivity index (χ2n) is 8.30. The van der Waals surface area contributed by atoms with Gasteiger partial charge in [0.05, 0.1) is 17.6 Å². The van der Waals surface area contributed by atoms with Gasteiger partial charge in [-0.3, -0.25) is 4.98 Å². The average molecular weight is 396 g/mol. The van der Waals surface area contributed by atoms with Crippen molar-refractivity contribution in [3.8, 4) is 11.3 Å². The Balaban J connectivity index is 1.27. The van der Waals surface area contributed by atoms with Crippen molar-refractivity contribution in [1.29, 1.82) is 0 Å². The van der Waals surface area contributed by atoms with Gasteiger partial charge in [0.15, 0.2) is 5.65 Å². The molecule has 1 aromatic carbocycles. The number of anilines is 1. The van der Waals surface area contributed by atoms with Gasteiger partial charge in [-0.2, -0.15) is 9.61 Å². The fourth-order valence-electron chi connectivity index (χ4n) is 4.03. The van der Waals surface area contributed by atoms with E-state index in [1.54, 1.807) is 0 Å². The molecule has 150 valence electrons. The number of benzene rings is 1. The van der Waals surface area contributed by atoms with Crippen LogP contribution in [0.25, 0.3) is 16.9 Å². The Labute approximate surface area is 175 Å². The lowest BCUT2D eigenvalue weighted by Gasteiger charge is -2.27. The molecule has 1 saturated carbocycles. The van der Waals surface area contributed by atoms with E-state index in [0.29, 0.717) is 11.8 Å². The Morgan fingerprint density at radius 2 is 1.90 bits per heavy atom. The van der Waals surface area contributed by atoms with Crippen LogP contribution in [0.3, 0.4) is 0 Å². The number of pyridine rings is 1. The van der Waals surface area contributed by atoms with E-state index in [4.69, 9.17) is 4.98 Å². The van der Waals surface area contributed by atoms with E-state index in [1.807, 2.05) is 35.1 Å². The second kappa shape index (κ2) is 7.22. The minimum Gasteiger partial charge on any atom is -0.366 e. The van der Waals surface area contributed by atoms with Crippen LogP contribution in [0.5, 0.6) is 0 Å². The van der Waals surface area contributed by atoms with E-state index in [-0.39, 0.29) is 0 Å².